The highest BCUT2D eigenvalue weighted by Gasteiger charge is 2.12. The van der Waals surface area contributed by atoms with Gasteiger partial charge in [-0.3, -0.25) is 0 Å². The summed E-state index contributed by atoms with van der Waals surface area (Å²) >= 11 is 0. The minimum Gasteiger partial charge on any atom is -0.366 e. The lowest BCUT2D eigenvalue weighted by Crippen LogP contribution is -2.24. The van der Waals surface area contributed by atoms with Gasteiger partial charge in [-0.2, -0.15) is 0 Å². The summed E-state index contributed by atoms with van der Waals surface area (Å²) < 4.78 is 17.4. The van der Waals surface area contributed by atoms with E-state index in [4.69, 9.17) is 4.98 Å². The number of nitrogens with zero attached hydrogens (tertiary/aromatic N) is 3. The number of allylic oxidation sites excluding steroid dienone is 1. The molecule has 1 atom stereocenters. The summed E-state index contributed by atoms with van der Waals surface area (Å²) in [5.74, 6) is 0.711. The van der Waals surface area contributed by atoms with E-state index in [0.29, 0.717) is 18.9 Å². The number of hydrogen-bond acceptors (Lipinski definition) is 4. The fourth-order valence-electron chi connectivity index (χ4n) is 3.85. The van der Waals surface area contributed by atoms with Crippen LogP contribution in [0.1, 0.15) is 23.1 Å². The molecule has 2 aromatic carbocycles. The van der Waals surface area contributed by atoms with Gasteiger partial charge in [0.05, 0.1) is 10.6 Å². The first-order valence-corrected chi connectivity index (χ1v) is 11.9. The maximum atomic E-state index is 12.4. The highest BCUT2D eigenvalue weighted by Crippen LogP contribution is 2.27. The van der Waals surface area contributed by atoms with Crippen LogP contribution in [0.15, 0.2) is 72.0 Å². The van der Waals surface area contributed by atoms with Gasteiger partial charge in [0.2, 0.25) is 0 Å². The monoisotopic (exact) mass is 443 g/mol. The molecule has 0 radical (unpaired) electrons. The van der Waals surface area contributed by atoms with Crippen molar-refractivity contribution in [1.82, 2.24) is 19.1 Å². The predicted octanol–water partition coefficient (Wildman–Crippen LogP) is 4.39. The minimum absolute atomic E-state index is 0.537. The Labute approximate surface area is 190 Å². The Balaban J connectivity index is 1.27. The summed E-state index contributed by atoms with van der Waals surface area (Å²) in [5.41, 5.74) is 6.63. The molecular formula is C25H25N5OS. The van der Waals surface area contributed by atoms with Crippen LogP contribution in [0.5, 0.6) is 0 Å². The quantitative estimate of drug-likeness (QED) is 0.416. The first-order valence-electron chi connectivity index (χ1n) is 10.8. The number of hydrogen-bond donors (Lipinski definition) is 2. The van der Waals surface area contributed by atoms with Crippen LogP contribution in [0.3, 0.4) is 0 Å². The second kappa shape index (κ2) is 9.06. The van der Waals surface area contributed by atoms with E-state index in [1.165, 1.54) is 11.1 Å². The molecule has 2 aromatic heterocycles. The van der Waals surface area contributed by atoms with Gasteiger partial charge in [0.1, 0.15) is 11.0 Å². The topological polar surface area (TPSA) is 71.3 Å². The van der Waals surface area contributed by atoms with E-state index in [1.807, 2.05) is 48.0 Å². The van der Waals surface area contributed by atoms with E-state index in [1.54, 1.807) is 6.20 Å². The maximum Gasteiger partial charge on any atom is 0.180 e. The first-order chi connectivity index (χ1) is 15.7. The summed E-state index contributed by atoms with van der Waals surface area (Å²) in [6.07, 6.45) is 12.3. The Morgan fingerprint density at radius 3 is 2.88 bits per heavy atom. The number of anilines is 1. The molecule has 0 amide bonds. The molecule has 1 unspecified atom stereocenters. The average Bonchev–Trinajstić information content (AvgIpc) is 3.27. The largest absolute Gasteiger partial charge is 0.366 e. The van der Waals surface area contributed by atoms with Crippen LogP contribution >= 0.6 is 0 Å². The molecule has 1 aliphatic rings. The Kier molecular flexibility index (Phi) is 5.83. The van der Waals surface area contributed by atoms with Gasteiger partial charge in [-0.05, 0) is 49.1 Å². The molecule has 2 N–H and O–H groups in total. The highest BCUT2D eigenvalue weighted by molar-refractivity contribution is 7.83. The molecule has 0 saturated carbocycles. The van der Waals surface area contributed by atoms with Gasteiger partial charge in [-0.15, -0.1) is 0 Å². The first kappa shape index (κ1) is 20.6. The van der Waals surface area contributed by atoms with E-state index >= 15 is 0 Å². The molecule has 5 rings (SSSR count). The molecule has 2 heterocycles. The Morgan fingerprint density at radius 1 is 1.12 bits per heavy atom. The van der Waals surface area contributed by atoms with Crippen molar-refractivity contribution in [2.75, 3.05) is 18.4 Å². The molecular weight excluding hydrogens is 418 g/mol. The van der Waals surface area contributed by atoms with Gasteiger partial charge < -0.3 is 9.72 Å². The molecule has 162 valence electrons. The van der Waals surface area contributed by atoms with Crippen LogP contribution in [0.4, 0.5) is 5.82 Å². The maximum absolute atomic E-state index is 12.4. The van der Waals surface area contributed by atoms with Gasteiger partial charge >= 0.3 is 0 Å². The van der Waals surface area contributed by atoms with Crippen molar-refractivity contribution in [3.63, 3.8) is 0 Å². The molecule has 4 aromatic rings. The lowest BCUT2D eigenvalue weighted by Gasteiger charge is -2.11. The van der Waals surface area contributed by atoms with Crippen molar-refractivity contribution in [3.8, 4) is 11.3 Å². The Morgan fingerprint density at radius 2 is 2.00 bits per heavy atom. The van der Waals surface area contributed by atoms with Gasteiger partial charge in [-0.25, -0.2) is 18.9 Å². The zero-order valence-electron chi connectivity index (χ0n) is 17.9. The van der Waals surface area contributed by atoms with Crippen molar-refractivity contribution in [2.24, 2.45) is 0 Å². The number of imidazole rings is 1. The average molecular weight is 444 g/mol. The van der Waals surface area contributed by atoms with Crippen molar-refractivity contribution >= 4 is 28.5 Å². The smallest absolute Gasteiger partial charge is 0.180 e. The third-order valence-corrected chi connectivity index (χ3v) is 6.74. The molecule has 1 aliphatic carbocycles. The molecule has 32 heavy (non-hydrogen) atoms. The number of fused-ring (bicyclic) bond motifs is 2. The van der Waals surface area contributed by atoms with Crippen LogP contribution < -0.4 is 10.0 Å². The number of rotatable bonds is 7. The fraction of sp³-hybridized carbons (Fsp3) is 0.200. The van der Waals surface area contributed by atoms with Gasteiger partial charge in [-0.1, -0.05) is 42.0 Å². The third-order valence-electron chi connectivity index (χ3n) is 5.58. The number of benzene rings is 2. The lowest BCUT2D eigenvalue weighted by molar-refractivity contribution is 0.673. The molecule has 0 spiro atoms. The van der Waals surface area contributed by atoms with Crippen LogP contribution in [0, 0.1) is 6.92 Å². The van der Waals surface area contributed by atoms with Gasteiger partial charge in [0, 0.05) is 37.2 Å². The van der Waals surface area contributed by atoms with E-state index in [9.17, 15) is 4.21 Å². The number of nitrogens with one attached hydrogen (secondary N) is 2. The zero-order chi connectivity index (χ0) is 21.9. The van der Waals surface area contributed by atoms with Crippen LogP contribution in [0.2, 0.25) is 0 Å². The molecule has 0 bridgehead atoms. The standard InChI is InChI=1S/C25H25N5OS/c1-18-6-10-22(11-7-18)32(31)28-13-12-26-24-25-29-23(17-30(25)15-14-27-24)21-9-8-19-4-2-3-5-20(19)16-21/h2,4,6-11,14-17,28H,3,5,12-13H2,1H3,(H,26,27). The second-order valence-corrected chi connectivity index (χ2v) is 9.19. The summed E-state index contributed by atoms with van der Waals surface area (Å²) in [6.45, 7) is 3.13. The van der Waals surface area contributed by atoms with Crippen molar-refractivity contribution in [2.45, 2.75) is 24.7 Å². The summed E-state index contributed by atoms with van der Waals surface area (Å²) in [5, 5.41) is 3.32. The van der Waals surface area contributed by atoms with E-state index in [0.717, 1.165) is 40.2 Å². The summed E-state index contributed by atoms with van der Waals surface area (Å²) in [6, 6.07) is 14.2. The Bertz CT molecular complexity index is 1310. The lowest BCUT2D eigenvalue weighted by atomic mass is 9.95. The van der Waals surface area contributed by atoms with E-state index in [2.05, 4.69) is 45.4 Å². The molecule has 6 nitrogen and oxygen atoms in total. The number of aryl methyl sites for hydroxylation is 2. The van der Waals surface area contributed by atoms with Crippen molar-refractivity contribution in [3.05, 3.63) is 83.8 Å². The molecule has 0 fully saturated rings. The van der Waals surface area contributed by atoms with Gasteiger partial charge in [0.25, 0.3) is 0 Å². The highest BCUT2D eigenvalue weighted by atomic mass is 32.2. The van der Waals surface area contributed by atoms with Crippen LogP contribution in [0.25, 0.3) is 23.0 Å². The summed E-state index contributed by atoms with van der Waals surface area (Å²) in [4.78, 5) is 10.1. The summed E-state index contributed by atoms with van der Waals surface area (Å²) in [7, 11) is -1.23. The normalized spacial score (nSPS) is 13.8. The van der Waals surface area contributed by atoms with Crippen LogP contribution in [-0.2, 0) is 17.4 Å². The molecule has 7 heteroatoms. The minimum atomic E-state index is -1.23. The van der Waals surface area contributed by atoms with Crippen molar-refractivity contribution < 1.29 is 4.21 Å². The second-order valence-electron chi connectivity index (χ2n) is 7.89. The molecule has 0 aliphatic heterocycles. The number of aromatic nitrogens is 3. The molecule has 0 saturated heterocycles. The van der Waals surface area contributed by atoms with Gasteiger partial charge in [0.15, 0.2) is 11.5 Å². The predicted molar refractivity (Wildman–Crippen MR) is 130 cm³/mol. The van der Waals surface area contributed by atoms with E-state index < -0.39 is 11.0 Å². The van der Waals surface area contributed by atoms with Crippen molar-refractivity contribution in [1.29, 1.82) is 0 Å². The van der Waals surface area contributed by atoms with Crippen LogP contribution in [-0.4, -0.2) is 31.7 Å². The van der Waals surface area contributed by atoms with E-state index in [-0.39, 0.29) is 0 Å². The third kappa shape index (κ3) is 4.35. The SMILES string of the molecule is Cc1ccc(S(=O)NCCNc2nccn3cc(-c4ccc5c(c4)CCC=C5)nc23)cc1. The Hall–Kier alpha value is -3.29. The fourth-order valence-corrected chi connectivity index (χ4v) is 4.68. The zero-order valence-corrected chi connectivity index (χ0v) is 18.7.